The highest BCUT2D eigenvalue weighted by atomic mass is 32.1. The minimum atomic E-state index is 0.521. The largest absolute Gasteiger partial charge is 0.337 e. The second kappa shape index (κ2) is 7.51. The SMILES string of the molecule is c1cnc(-n2cc(Nc3nc(-c4cccnc4)nc4sc5c(c34)CCCC5)cn2)nc1. The number of fused-ring (bicyclic) bond motifs is 3. The van der Waals surface area contributed by atoms with Crippen LogP contribution in [0.4, 0.5) is 11.5 Å². The number of hydrogen-bond acceptors (Lipinski definition) is 8. The first-order chi connectivity index (χ1) is 15.3. The molecule has 6 rings (SSSR count). The molecule has 0 saturated heterocycles. The zero-order valence-electron chi connectivity index (χ0n) is 16.6. The molecule has 5 aromatic heterocycles. The van der Waals surface area contributed by atoms with E-state index in [1.165, 1.54) is 23.3 Å². The number of nitrogens with one attached hydrogen (secondary N) is 1. The Bertz CT molecular complexity index is 1360. The molecule has 0 saturated carbocycles. The van der Waals surface area contributed by atoms with Gasteiger partial charge in [-0.15, -0.1) is 11.3 Å². The van der Waals surface area contributed by atoms with E-state index in [4.69, 9.17) is 9.97 Å². The van der Waals surface area contributed by atoms with Crippen molar-refractivity contribution in [2.75, 3.05) is 5.32 Å². The third-order valence-corrected chi connectivity index (χ3v) is 6.52. The summed E-state index contributed by atoms with van der Waals surface area (Å²) >= 11 is 1.78. The first kappa shape index (κ1) is 18.1. The highest BCUT2D eigenvalue weighted by Gasteiger charge is 2.22. The van der Waals surface area contributed by atoms with Gasteiger partial charge in [0.1, 0.15) is 10.6 Å². The quantitative estimate of drug-likeness (QED) is 0.456. The van der Waals surface area contributed by atoms with Crippen molar-refractivity contribution in [3.63, 3.8) is 0 Å². The predicted octanol–water partition coefficient (Wildman–Crippen LogP) is 4.35. The summed E-state index contributed by atoms with van der Waals surface area (Å²) in [4.78, 5) is 25.0. The van der Waals surface area contributed by atoms with E-state index in [1.807, 2.05) is 18.3 Å². The monoisotopic (exact) mass is 426 g/mol. The van der Waals surface area contributed by atoms with Gasteiger partial charge in [0.05, 0.1) is 23.5 Å². The number of thiophene rings is 1. The molecule has 0 atom stereocenters. The van der Waals surface area contributed by atoms with Crippen LogP contribution in [0.3, 0.4) is 0 Å². The van der Waals surface area contributed by atoms with Crippen LogP contribution in [0.1, 0.15) is 23.3 Å². The number of pyridine rings is 1. The molecular weight excluding hydrogens is 408 g/mol. The minimum Gasteiger partial charge on any atom is -0.337 e. The number of anilines is 2. The Labute approximate surface area is 182 Å². The van der Waals surface area contributed by atoms with Gasteiger partial charge in [-0.1, -0.05) is 0 Å². The van der Waals surface area contributed by atoms with E-state index >= 15 is 0 Å². The van der Waals surface area contributed by atoms with Crippen molar-refractivity contribution in [3.8, 4) is 17.3 Å². The third kappa shape index (κ3) is 3.32. The highest BCUT2D eigenvalue weighted by Crippen LogP contribution is 2.40. The molecule has 1 aliphatic rings. The molecule has 1 N–H and O–H groups in total. The molecule has 152 valence electrons. The molecule has 5 aromatic rings. The lowest BCUT2D eigenvalue weighted by atomic mass is 9.97. The molecule has 0 radical (unpaired) electrons. The van der Waals surface area contributed by atoms with Crippen LogP contribution in [-0.2, 0) is 12.8 Å². The smallest absolute Gasteiger partial charge is 0.250 e. The second-order valence-electron chi connectivity index (χ2n) is 7.38. The van der Waals surface area contributed by atoms with Gasteiger partial charge in [0.15, 0.2) is 5.82 Å². The maximum atomic E-state index is 4.90. The van der Waals surface area contributed by atoms with Crippen LogP contribution in [0.15, 0.2) is 55.4 Å². The summed E-state index contributed by atoms with van der Waals surface area (Å²) < 4.78 is 1.64. The predicted molar refractivity (Wildman–Crippen MR) is 120 cm³/mol. The van der Waals surface area contributed by atoms with Crippen LogP contribution >= 0.6 is 11.3 Å². The van der Waals surface area contributed by atoms with Gasteiger partial charge in [0.2, 0.25) is 5.95 Å². The van der Waals surface area contributed by atoms with Crippen LogP contribution in [0.5, 0.6) is 0 Å². The summed E-state index contributed by atoms with van der Waals surface area (Å²) in [6, 6.07) is 5.67. The molecule has 5 heterocycles. The van der Waals surface area contributed by atoms with Crippen LogP contribution in [0.2, 0.25) is 0 Å². The van der Waals surface area contributed by atoms with E-state index in [0.29, 0.717) is 11.8 Å². The summed E-state index contributed by atoms with van der Waals surface area (Å²) in [5.41, 5.74) is 3.10. The Kier molecular flexibility index (Phi) is 4.38. The van der Waals surface area contributed by atoms with Crippen molar-refractivity contribution in [2.24, 2.45) is 0 Å². The summed E-state index contributed by atoms with van der Waals surface area (Å²) in [5.74, 6) is 1.99. The molecule has 0 spiro atoms. The van der Waals surface area contributed by atoms with Crippen LogP contribution < -0.4 is 5.32 Å². The molecule has 0 fully saturated rings. The number of aryl methyl sites for hydroxylation is 2. The van der Waals surface area contributed by atoms with Crippen molar-refractivity contribution >= 4 is 33.1 Å². The average molecular weight is 427 g/mol. The van der Waals surface area contributed by atoms with E-state index < -0.39 is 0 Å². The van der Waals surface area contributed by atoms with Gasteiger partial charge in [-0.05, 0) is 49.4 Å². The zero-order valence-corrected chi connectivity index (χ0v) is 17.4. The fraction of sp³-hybridized carbons (Fsp3) is 0.182. The summed E-state index contributed by atoms with van der Waals surface area (Å²) in [5, 5.41) is 9.00. The lowest BCUT2D eigenvalue weighted by Crippen LogP contribution is -2.02. The second-order valence-corrected chi connectivity index (χ2v) is 8.46. The first-order valence-corrected chi connectivity index (χ1v) is 11.0. The maximum absolute atomic E-state index is 4.90. The molecule has 0 aliphatic heterocycles. The normalized spacial score (nSPS) is 13.3. The van der Waals surface area contributed by atoms with Crippen LogP contribution in [-0.4, -0.2) is 34.7 Å². The van der Waals surface area contributed by atoms with Crippen LogP contribution in [0, 0.1) is 0 Å². The summed E-state index contributed by atoms with van der Waals surface area (Å²) in [7, 11) is 0. The van der Waals surface area contributed by atoms with E-state index in [0.717, 1.165) is 40.1 Å². The molecule has 8 nitrogen and oxygen atoms in total. The highest BCUT2D eigenvalue weighted by molar-refractivity contribution is 7.19. The van der Waals surface area contributed by atoms with Gasteiger partial charge in [0.25, 0.3) is 0 Å². The lowest BCUT2D eigenvalue weighted by Gasteiger charge is -2.12. The van der Waals surface area contributed by atoms with E-state index in [1.54, 1.807) is 53.1 Å². The van der Waals surface area contributed by atoms with Gasteiger partial charge in [-0.25, -0.2) is 24.6 Å². The first-order valence-electron chi connectivity index (χ1n) is 10.2. The molecule has 31 heavy (non-hydrogen) atoms. The molecule has 0 bridgehead atoms. The van der Waals surface area contributed by atoms with Crippen molar-refractivity contribution < 1.29 is 0 Å². The topological polar surface area (TPSA) is 94.3 Å². The van der Waals surface area contributed by atoms with E-state index in [2.05, 4.69) is 25.4 Å². The molecular formula is C22H18N8S. The van der Waals surface area contributed by atoms with Gasteiger partial charge >= 0.3 is 0 Å². The zero-order chi connectivity index (χ0) is 20.6. The summed E-state index contributed by atoms with van der Waals surface area (Å²) in [6.07, 6.45) is 15.2. The molecule has 0 amide bonds. The van der Waals surface area contributed by atoms with Gasteiger partial charge in [0, 0.05) is 35.2 Å². The fourth-order valence-electron chi connectivity index (χ4n) is 3.91. The lowest BCUT2D eigenvalue weighted by molar-refractivity contribution is 0.700. The van der Waals surface area contributed by atoms with Gasteiger partial charge in [-0.2, -0.15) is 5.10 Å². The number of hydrogen-bond donors (Lipinski definition) is 1. The van der Waals surface area contributed by atoms with Crippen molar-refractivity contribution in [1.82, 2.24) is 34.7 Å². The van der Waals surface area contributed by atoms with Gasteiger partial charge < -0.3 is 5.32 Å². The van der Waals surface area contributed by atoms with Crippen molar-refractivity contribution in [2.45, 2.75) is 25.7 Å². The Morgan fingerprint density at radius 1 is 0.968 bits per heavy atom. The Hall–Kier alpha value is -3.72. The molecule has 0 aromatic carbocycles. The minimum absolute atomic E-state index is 0.521. The Morgan fingerprint density at radius 3 is 2.74 bits per heavy atom. The molecule has 1 aliphatic carbocycles. The van der Waals surface area contributed by atoms with Crippen molar-refractivity contribution in [1.29, 1.82) is 0 Å². The summed E-state index contributed by atoms with van der Waals surface area (Å²) in [6.45, 7) is 0. The molecule has 0 unspecified atom stereocenters. The average Bonchev–Trinajstić information content (AvgIpc) is 3.45. The van der Waals surface area contributed by atoms with E-state index in [-0.39, 0.29) is 0 Å². The van der Waals surface area contributed by atoms with Gasteiger partial charge in [-0.3, -0.25) is 4.98 Å². The van der Waals surface area contributed by atoms with E-state index in [9.17, 15) is 0 Å². The fourth-order valence-corrected chi connectivity index (χ4v) is 5.18. The molecule has 9 heteroatoms. The Morgan fingerprint density at radius 2 is 1.87 bits per heavy atom. The Balaban J connectivity index is 1.46. The number of rotatable bonds is 4. The maximum Gasteiger partial charge on any atom is 0.250 e. The van der Waals surface area contributed by atoms with Crippen molar-refractivity contribution in [3.05, 3.63) is 65.8 Å². The standard InChI is InChI=1S/C22H18N8S/c1-2-7-17-16(6-1)18-20(27-15-12-26-30(13-15)22-24-9-4-10-25-22)28-19(29-21(18)31-17)14-5-3-8-23-11-14/h3-5,8-13H,1-2,6-7H2,(H,27,28,29). The third-order valence-electron chi connectivity index (χ3n) is 5.34. The number of aromatic nitrogens is 7. The van der Waals surface area contributed by atoms with Crippen LogP contribution in [0.25, 0.3) is 27.6 Å². The number of nitrogens with zero attached hydrogens (tertiary/aromatic N) is 7.